The molecule has 2 aromatic rings. The third kappa shape index (κ3) is 4.72. The lowest BCUT2D eigenvalue weighted by Gasteiger charge is -2.17. The van der Waals surface area contributed by atoms with Crippen molar-refractivity contribution in [2.24, 2.45) is 0 Å². The van der Waals surface area contributed by atoms with E-state index in [0.717, 1.165) is 24.8 Å². The van der Waals surface area contributed by atoms with Gasteiger partial charge in [0.15, 0.2) is 0 Å². The van der Waals surface area contributed by atoms with Crippen LogP contribution >= 0.6 is 24.0 Å². The van der Waals surface area contributed by atoms with Crippen molar-refractivity contribution in [3.63, 3.8) is 0 Å². The number of aryl methyl sites for hydroxylation is 1. The molecule has 0 aromatic heterocycles. The van der Waals surface area contributed by atoms with E-state index in [1.165, 1.54) is 16.7 Å². The predicted octanol–water partition coefficient (Wildman–Crippen LogP) is 4.74. The molecule has 4 rings (SSSR count). The fourth-order valence-electron chi connectivity index (χ4n) is 3.99. The Morgan fingerprint density at radius 3 is 2.58 bits per heavy atom. The number of para-hydroxylation sites is 1. The van der Waals surface area contributed by atoms with Crippen LogP contribution in [-0.2, 0) is 14.4 Å². The SMILES string of the molecule is CCCCCN1C(=O)/C(=C2/C(=O)N(CC(=O)Nc3cccc(C)c3)c3ccccc32)SC1=S. The van der Waals surface area contributed by atoms with Crippen molar-refractivity contribution in [2.45, 2.75) is 33.1 Å². The summed E-state index contributed by atoms with van der Waals surface area (Å²) in [5.41, 5.74) is 3.30. The number of amides is 3. The second-order valence-corrected chi connectivity index (χ2v) is 9.71. The van der Waals surface area contributed by atoms with Crippen LogP contribution in [0.25, 0.3) is 5.57 Å². The first-order chi connectivity index (χ1) is 15.9. The van der Waals surface area contributed by atoms with Crippen molar-refractivity contribution in [3.05, 3.63) is 64.6 Å². The Balaban J connectivity index is 1.60. The third-order valence-corrected chi connectivity index (χ3v) is 7.04. The van der Waals surface area contributed by atoms with Gasteiger partial charge in [0.1, 0.15) is 10.9 Å². The zero-order chi connectivity index (χ0) is 23.5. The molecule has 0 saturated carbocycles. The number of thioether (sulfide) groups is 1. The summed E-state index contributed by atoms with van der Waals surface area (Å²) in [6, 6.07) is 14.7. The van der Waals surface area contributed by atoms with Crippen LogP contribution in [0.15, 0.2) is 53.4 Å². The van der Waals surface area contributed by atoms with Gasteiger partial charge in [-0.05, 0) is 37.1 Å². The van der Waals surface area contributed by atoms with E-state index in [1.807, 2.05) is 43.3 Å². The first kappa shape index (κ1) is 23.2. The lowest BCUT2D eigenvalue weighted by Crippen LogP contribution is -2.35. The molecule has 0 aliphatic carbocycles. The molecule has 6 nitrogen and oxygen atoms in total. The number of nitrogens with one attached hydrogen (secondary N) is 1. The number of rotatable bonds is 7. The van der Waals surface area contributed by atoms with E-state index < -0.39 is 0 Å². The van der Waals surface area contributed by atoms with E-state index in [1.54, 1.807) is 17.0 Å². The summed E-state index contributed by atoms with van der Waals surface area (Å²) in [5, 5.41) is 2.85. The Kier molecular flexibility index (Phi) is 6.95. The van der Waals surface area contributed by atoms with Gasteiger partial charge in [-0.2, -0.15) is 0 Å². The van der Waals surface area contributed by atoms with Crippen molar-refractivity contribution < 1.29 is 14.4 Å². The van der Waals surface area contributed by atoms with Crippen LogP contribution in [0.3, 0.4) is 0 Å². The van der Waals surface area contributed by atoms with E-state index in [0.29, 0.717) is 38.3 Å². The van der Waals surface area contributed by atoms with E-state index in [-0.39, 0.29) is 24.3 Å². The lowest BCUT2D eigenvalue weighted by molar-refractivity contribution is -0.122. The maximum Gasteiger partial charge on any atom is 0.267 e. The topological polar surface area (TPSA) is 69.7 Å². The Bertz CT molecular complexity index is 1170. The fraction of sp³-hybridized carbons (Fsp3) is 0.280. The second kappa shape index (κ2) is 9.89. The number of carbonyl (C=O) groups excluding carboxylic acids is 3. The Labute approximate surface area is 203 Å². The van der Waals surface area contributed by atoms with Gasteiger partial charge in [-0.3, -0.25) is 24.2 Å². The summed E-state index contributed by atoms with van der Waals surface area (Å²) in [7, 11) is 0. The van der Waals surface area contributed by atoms with Gasteiger partial charge in [0.05, 0.1) is 16.2 Å². The zero-order valence-electron chi connectivity index (χ0n) is 18.6. The minimum absolute atomic E-state index is 0.149. The van der Waals surface area contributed by atoms with Crippen LogP contribution in [0.2, 0.25) is 0 Å². The van der Waals surface area contributed by atoms with Gasteiger partial charge in [0, 0.05) is 17.8 Å². The lowest BCUT2D eigenvalue weighted by atomic mass is 10.1. The molecule has 170 valence electrons. The summed E-state index contributed by atoms with van der Waals surface area (Å²) in [5.74, 6) is -0.896. The number of nitrogens with zero attached hydrogens (tertiary/aromatic N) is 2. The standard InChI is InChI=1S/C25H25N3O3S2/c1-3-4-7-13-27-24(31)22(33-25(27)32)21-18-11-5-6-12-19(18)28(23(21)30)15-20(29)26-17-10-8-9-16(2)14-17/h5-6,8-12,14H,3-4,7,13,15H2,1-2H3,(H,26,29)/b22-21-. The van der Waals surface area contributed by atoms with Crippen LogP contribution in [0, 0.1) is 6.92 Å². The molecule has 0 bridgehead atoms. The Morgan fingerprint density at radius 1 is 1.03 bits per heavy atom. The monoisotopic (exact) mass is 479 g/mol. The van der Waals surface area contributed by atoms with Crippen LogP contribution in [0.4, 0.5) is 11.4 Å². The van der Waals surface area contributed by atoms with Crippen molar-refractivity contribution >= 4 is 63.0 Å². The highest BCUT2D eigenvalue weighted by atomic mass is 32.2. The number of hydrogen-bond donors (Lipinski definition) is 1. The smallest absolute Gasteiger partial charge is 0.267 e. The Morgan fingerprint density at radius 2 is 1.82 bits per heavy atom. The van der Waals surface area contributed by atoms with Crippen LogP contribution in [-0.4, -0.2) is 40.0 Å². The predicted molar refractivity (Wildman–Crippen MR) is 137 cm³/mol. The highest BCUT2D eigenvalue weighted by molar-refractivity contribution is 8.26. The number of carbonyl (C=O) groups is 3. The summed E-state index contributed by atoms with van der Waals surface area (Å²) < 4.78 is 0.472. The maximum absolute atomic E-state index is 13.5. The van der Waals surface area contributed by atoms with Crippen LogP contribution in [0.1, 0.15) is 37.3 Å². The van der Waals surface area contributed by atoms with E-state index >= 15 is 0 Å². The highest BCUT2D eigenvalue weighted by Gasteiger charge is 2.42. The first-order valence-corrected chi connectivity index (χ1v) is 12.2. The molecule has 3 amide bonds. The second-order valence-electron chi connectivity index (χ2n) is 8.06. The molecule has 8 heteroatoms. The quantitative estimate of drug-likeness (QED) is 0.353. The average Bonchev–Trinajstić information content (AvgIpc) is 3.21. The summed E-state index contributed by atoms with van der Waals surface area (Å²) >= 11 is 6.61. The molecule has 1 fully saturated rings. The minimum atomic E-state index is -0.357. The summed E-state index contributed by atoms with van der Waals surface area (Å²) in [6.07, 6.45) is 2.91. The van der Waals surface area contributed by atoms with E-state index in [2.05, 4.69) is 12.2 Å². The molecule has 0 radical (unpaired) electrons. The summed E-state index contributed by atoms with van der Waals surface area (Å²) in [4.78, 5) is 42.7. The largest absolute Gasteiger partial charge is 0.325 e. The third-order valence-electron chi connectivity index (χ3n) is 5.59. The van der Waals surface area contributed by atoms with Gasteiger partial charge in [-0.1, -0.05) is 74.1 Å². The number of benzene rings is 2. The molecule has 0 unspecified atom stereocenters. The Hall–Kier alpha value is -2.97. The van der Waals surface area contributed by atoms with Crippen molar-refractivity contribution in [2.75, 3.05) is 23.3 Å². The van der Waals surface area contributed by atoms with Crippen molar-refractivity contribution in [1.29, 1.82) is 0 Å². The maximum atomic E-state index is 13.5. The first-order valence-electron chi connectivity index (χ1n) is 11.0. The van der Waals surface area contributed by atoms with Gasteiger partial charge >= 0.3 is 0 Å². The van der Waals surface area contributed by atoms with Crippen LogP contribution < -0.4 is 10.2 Å². The van der Waals surface area contributed by atoms with Gasteiger partial charge < -0.3 is 5.32 Å². The minimum Gasteiger partial charge on any atom is -0.325 e. The number of anilines is 2. The number of thiocarbonyl (C=S) groups is 1. The van der Waals surface area contributed by atoms with Gasteiger partial charge in [0.25, 0.3) is 11.8 Å². The number of fused-ring (bicyclic) bond motifs is 1. The zero-order valence-corrected chi connectivity index (χ0v) is 20.2. The van der Waals surface area contributed by atoms with Crippen molar-refractivity contribution in [1.82, 2.24) is 4.90 Å². The van der Waals surface area contributed by atoms with E-state index in [4.69, 9.17) is 12.2 Å². The van der Waals surface area contributed by atoms with Crippen molar-refractivity contribution in [3.8, 4) is 0 Å². The fourth-order valence-corrected chi connectivity index (χ4v) is 5.37. The molecule has 1 saturated heterocycles. The highest BCUT2D eigenvalue weighted by Crippen LogP contribution is 2.44. The molecule has 33 heavy (non-hydrogen) atoms. The van der Waals surface area contributed by atoms with Gasteiger partial charge in [-0.15, -0.1) is 0 Å². The molecule has 1 N–H and O–H groups in total. The number of unbranched alkanes of at least 4 members (excludes halogenated alkanes) is 2. The van der Waals surface area contributed by atoms with Crippen LogP contribution in [0.5, 0.6) is 0 Å². The molecule has 0 atom stereocenters. The summed E-state index contributed by atoms with van der Waals surface area (Å²) in [6.45, 7) is 4.45. The molecular weight excluding hydrogens is 454 g/mol. The van der Waals surface area contributed by atoms with Gasteiger partial charge in [0.2, 0.25) is 5.91 Å². The number of hydrogen-bond acceptors (Lipinski definition) is 5. The molecule has 0 spiro atoms. The molecule has 2 aromatic carbocycles. The van der Waals surface area contributed by atoms with E-state index in [9.17, 15) is 14.4 Å². The normalized spacial score (nSPS) is 17.7. The molecule has 2 aliphatic heterocycles. The molecule has 2 heterocycles. The molecule has 2 aliphatic rings. The molecular formula is C25H25N3O3S2. The van der Waals surface area contributed by atoms with Gasteiger partial charge in [-0.25, -0.2) is 0 Å². The average molecular weight is 480 g/mol.